The molecule has 0 atom stereocenters. The van der Waals surface area contributed by atoms with Gasteiger partial charge in [0.1, 0.15) is 5.76 Å². The summed E-state index contributed by atoms with van der Waals surface area (Å²) in [5, 5.41) is 14.7. The number of likely N-dealkylation sites (tertiary alicyclic amines) is 1. The summed E-state index contributed by atoms with van der Waals surface area (Å²) in [6.07, 6.45) is 2.86. The van der Waals surface area contributed by atoms with Gasteiger partial charge >= 0.3 is 6.03 Å². The molecule has 0 saturated carbocycles. The van der Waals surface area contributed by atoms with E-state index in [1.54, 1.807) is 35.4 Å². The molecule has 0 spiro atoms. The van der Waals surface area contributed by atoms with E-state index in [2.05, 4.69) is 16.7 Å². The average Bonchev–Trinajstić information content (AvgIpc) is 3.24. The highest BCUT2D eigenvalue weighted by Gasteiger charge is 2.27. The first kappa shape index (κ1) is 18.5. The number of carbonyl (C=O) groups is 2. The van der Waals surface area contributed by atoms with E-state index in [1.165, 1.54) is 0 Å². The number of piperidine rings is 1. The van der Waals surface area contributed by atoms with Crippen molar-refractivity contribution in [1.29, 1.82) is 5.26 Å². The number of nitrogens with zero attached hydrogens (tertiary/aromatic N) is 2. The average molecular weight is 366 g/mol. The zero-order chi connectivity index (χ0) is 19.1. The molecule has 0 aliphatic carbocycles. The fourth-order valence-electron chi connectivity index (χ4n) is 3.12. The summed E-state index contributed by atoms with van der Waals surface area (Å²) in [6, 6.07) is 12.7. The maximum atomic E-state index is 12.3. The zero-order valence-electron chi connectivity index (χ0n) is 15.0. The third-order valence-electron chi connectivity index (χ3n) is 4.67. The second-order valence-corrected chi connectivity index (χ2v) is 6.53. The van der Waals surface area contributed by atoms with Crippen LogP contribution in [0.3, 0.4) is 0 Å². The number of carbonyl (C=O) groups excluding carboxylic acids is 2. The molecule has 1 aromatic heterocycles. The van der Waals surface area contributed by atoms with Crippen molar-refractivity contribution < 1.29 is 14.0 Å². The summed E-state index contributed by atoms with van der Waals surface area (Å²) >= 11 is 0. The van der Waals surface area contributed by atoms with Gasteiger partial charge in [-0.2, -0.15) is 5.26 Å². The monoisotopic (exact) mass is 366 g/mol. The van der Waals surface area contributed by atoms with Crippen LogP contribution in [0.1, 0.15) is 29.7 Å². The zero-order valence-corrected chi connectivity index (χ0v) is 15.0. The molecule has 7 nitrogen and oxygen atoms in total. The summed E-state index contributed by atoms with van der Waals surface area (Å²) in [7, 11) is 0. The van der Waals surface area contributed by atoms with Gasteiger partial charge in [0.05, 0.1) is 24.4 Å². The summed E-state index contributed by atoms with van der Waals surface area (Å²) < 4.78 is 5.20. The fraction of sp³-hybridized carbons (Fsp3) is 0.350. The van der Waals surface area contributed by atoms with E-state index in [0.29, 0.717) is 44.6 Å². The Hall–Kier alpha value is -3.27. The minimum Gasteiger partial charge on any atom is -0.467 e. The van der Waals surface area contributed by atoms with Crippen LogP contribution in [-0.2, 0) is 17.9 Å². The van der Waals surface area contributed by atoms with E-state index < -0.39 is 0 Å². The van der Waals surface area contributed by atoms with Crippen molar-refractivity contribution in [2.24, 2.45) is 5.92 Å². The smallest absolute Gasteiger partial charge is 0.317 e. The largest absolute Gasteiger partial charge is 0.467 e. The van der Waals surface area contributed by atoms with Gasteiger partial charge < -0.3 is 20.0 Å². The van der Waals surface area contributed by atoms with E-state index in [1.807, 2.05) is 12.1 Å². The molecule has 7 heteroatoms. The van der Waals surface area contributed by atoms with Crippen molar-refractivity contribution in [1.82, 2.24) is 15.5 Å². The van der Waals surface area contributed by atoms with E-state index in [9.17, 15) is 9.59 Å². The van der Waals surface area contributed by atoms with Gasteiger partial charge in [0.25, 0.3) is 0 Å². The van der Waals surface area contributed by atoms with Crippen molar-refractivity contribution in [2.75, 3.05) is 13.1 Å². The summed E-state index contributed by atoms with van der Waals surface area (Å²) in [5.74, 6) is 0.636. The van der Waals surface area contributed by atoms with Crippen LogP contribution in [0, 0.1) is 17.2 Å². The van der Waals surface area contributed by atoms with Crippen LogP contribution in [-0.4, -0.2) is 29.9 Å². The Balaban J connectivity index is 1.40. The van der Waals surface area contributed by atoms with E-state index >= 15 is 0 Å². The lowest BCUT2D eigenvalue weighted by Gasteiger charge is -2.31. The predicted molar refractivity (Wildman–Crippen MR) is 98.2 cm³/mol. The molecule has 140 valence electrons. The van der Waals surface area contributed by atoms with Crippen molar-refractivity contribution in [3.63, 3.8) is 0 Å². The quantitative estimate of drug-likeness (QED) is 0.849. The van der Waals surface area contributed by atoms with Gasteiger partial charge in [-0.25, -0.2) is 4.79 Å². The number of hydrogen-bond acceptors (Lipinski definition) is 4. The van der Waals surface area contributed by atoms with Crippen LogP contribution in [0.15, 0.2) is 47.1 Å². The SMILES string of the molecule is N#Cc1cccc(CNC(=O)N2CCC(C(=O)NCc3ccco3)CC2)c1. The second kappa shape index (κ2) is 8.90. The molecule has 1 saturated heterocycles. The Morgan fingerprint density at radius 1 is 1.15 bits per heavy atom. The highest BCUT2D eigenvalue weighted by Crippen LogP contribution is 2.18. The molecule has 0 radical (unpaired) electrons. The minimum atomic E-state index is -0.146. The van der Waals surface area contributed by atoms with Gasteiger partial charge in [-0.05, 0) is 42.7 Å². The van der Waals surface area contributed by atoms with Crippen molar-refractivity contribution in [3.05, 3.63) is 59.5 Å². The first-order valence-electron chi connectivity index (χ1n) is 8.97. The Morgan fingerprint density at radius 2 is 1.96 bits per heavy atom. The van der Waals surface area contributed by atoms with Crippen molar-refractivity contribution in [3.8, 4) is 6.07 Å². The highest BCUT2D eigenvalue weighted by molar-refractivity contribution is 5.79. The van der Waals surface area contributed by atoms with E-state index in [-0.39, 0.29) is 17.9 Å². The van der Waals surface area contributed by atoms with Gasteiger partial charge in [0.15, 0.2) is 0 Å². The van der Waals surface area contributed by atoms with Gasteiger partial charge in [-0.3, -0.25) is 4.79 Å². The number of nitrogens with one attached hydrogen (secondary N) is 2. The molecule has 3 amide bonds. The number of urea groups is 1. The number of furan rings is 1. The second-order valence-electron chi connectivity index (χ2n) is 6.53. The standard InChI is InChI=1S/C20H22N4O3/c21-12-15-3-1-4-16(11-15)13-23-20(26)24-8-6-17(7-9-24)19(25)22-14-18-5-2-10-27-18/h1-5,10-11,17H,6-9,13-14H2,(H,22,25)(H,23,26). The van der Waals surface area contributed by atoms with Gasteiger partial charge in [0, 0.05) is 25.6 Å². The van der Waals surface area contributed by atoms with Crippen LogP contribution < -0.4 is 10.6 Å². The topological polar surface area (TPSA) is 98.4 Å². The van der Waals surface area contributed by atoms with Crippen LogP contribution in [0.25, 0.3) is 0 Å². The number of amides is 3. The molecule has 2 N–H and O–H groups in total. The van der Waals surface area contributed by atoms with Crippen LogP contribution >= 0.6 is 0 Å². The first-order chi connectivity index (χ1) is 13.2. The maximum Gasteiger partial charge on any atom is 0.317 e. The van der Waals surface area contributed by atoms with Gasteiger partial charge in [-0.15, -0.1) is 0 Å². The number of nitriles is 1. The molecule has 1 aliphatic rings. The Labute approximate surface area is 158 Å². The molecule has 0 unspecified atom stereocenters. The molecule has 1 aliphatic heterocycles. The first-order valence-corrected chi connectivity index (χ1v) is 8.97. The molecule has 27 heavy (non-hydrogen) atoms. The van der Waals surface area contributed by atoms with Crippen LogP contribution in [0.5, 0.6) is 0 Å². The highest BCUT2D eigenvalue weighted by atomic mass is 16.3. The third-order valence-corrected chi connectivity index (χ3v) is 4.67. The lowest BCUT2D eigenvalue weighted by molar-refractivity contribution is -0.126. The summed E-state index contributed by atoms with van der Waals surface area (Å²) in [5.41, 5.74) is 1.46. The number of benzene rings is 1. The predicted octanol–water partition coefficient (Wildman–Crippen LogP) is 2.39. The molecule has 1 aromatic carbocycles. The van der Waals surface area contributed by atoms with Gasteiger partial charge in [-0.1, -0.05) is 12.1 Å². The molecule has 0 bridgehead atoms. The molecular weight excluding hydrogens is 344 g/mol. The minimum absolute atomic E-state index is 0.000207. The lowest BCUT2D eigenvalue weighted by atomic mass is 9.96. The lowest BCUT2D eigenvalue weighted by Crippen LogP contribution is -2.46. The van der Waals surface area contributed by atoms with Crippen molar-refractivity contribution >= 4 is 11.9 Å². The maximum absolute atomic E-state index is 12.3. The van der Waals surface area contributed by atoms with E-state index in [4.69, 9.17) is 9.68 Å². The molecule has 2 heterocycles. The summed E-state index contributed by atoms with van der Waals surface area (Å²) in [6.45, 7) is 1.85. The number of hydrogen-bond donors (Lipinski definition) is 2. The Bertz CT molecular complexity index is 818. The molecule has 3 rings (SSSR count). The molecule has 2 aromatic rings. The fourth-order valence-corrected chi connectivity index (χ4v) is 3.12. The van der Waals surface area contributed by atoms with Crippen molar-refractivity contribution in [2.45, 2.75) is 25.9 Å². The van der Waals surface area contributed by atoms with Crippen LogP contribution in [0.2, 0.25) is 0 Å². The summed E-state index contributed by atoms with van der Waals surface area (Å²) in [4.78, 5) is 26.3. The van der Waals surface area contributed by atoms with Gasteiger partial charge in [0.2, 0.25) is 5.91 Å². The Kier molecular flexibility index (Phi) is 6.10. The normalized spacial score (nSPS) is 14.4. The third kappa shape index (κ3) is 5.11. The molecular formula is C20H22N4O3. The number of rotatable bonds is 5. The van der Waals surface area contributed by atoms with Crippen LogP contribution in [0.4, 0.5) is 4.79 Å². The van der Waals surface area contributed by atoms with E-state index in [0.717, 1.165) is 11.3 Å². The Morgan fingerprint density at radius 3 is 2.67 bits per heavy atom. The molecule has 1 fully saturated rings.